The molecule has 1 rings (SSSR count). The molecular formula is C11H21N3OS. The summed E-state index contributed by atoms with van der Waals surface area (Å²) in [6.07, 6.45) is 1.99. The maximum absolute atomic E-state index is 5.12. The third-order valence-corrected chi connectivity index (χ3v) is 3.57. The number of ether oxygens (including phenoxy) is 1. The van der Waals surface area contributed by atoms with E-state index in [1.165, 1.54) is 0 Å². The SMILES string of the molecule is CCC(NC)c1nnc(CC(C)COC)s1. The molecule has 0 saturated heterocycles. The van der Waals surface area contributed by atoms with Gasteiger partial charge in [0, 0.05) is 20.1 Å². The first-order chi connectivity index (χ1) is 7.71. The second kappa shape index (κ2) is 6.93. The highest BCUT2D eigenvalue weighted by Crippen LogP contribution is 2.22. The van der Waals surface area contributed by atoms with E-state index in [0.717, 1.165) is 29.5 Å². The van der Waals surface area contributed by atoms with Gasteiger partial charge in [0.2, 0.25) is 0 Å². The molecule has 0 fully saturated rings. The first kappa shape index (κ1) is 13.5. The Hall–Kier alpha value is -0.520. The van der Waals surface area contributed by atoms with Crippen molar-refractivity contribution in [3.8, 4) is 0 Å². The van der Waals surface area contributed by atoms with E-state index in [0.29, 0.717) is 12.0 Å². The lowest BCUT2D eigenvalue weighted by molar-refractivity contribution is 0.159. The minimum absolute atomic E-state index is 0.337. The van der Waals surface area contributed by atoms with Crippen molar-refractivity contribution in [1.82, 2.24) is 15.5 Å². The van der Waals surface area contributed by atoms with Crippen LogP contribution in [-0.2, 0) is 11.2 Å². The van der Waals surface area contributed by atoms with Crippen molar-refractivity contribution in [1.29, 1.82) is 0 Å². The lowest BCUT2D eigenvalue weighted by Crippen LogP contribution is -2.14. The van der Waals surface area contributed by atoms with Gasteiger partial charge in [-0.1, -0.05) is 25.2 Å². The third-order valence-electron chi connectivity index (χ3n) is 2.51. The van der Waals surface area contributed by atoms with Crippen molar-refractivity contribution >= 4 is 11.3 Å². The molecule has 92 valence electrons. The first-order valence-corrected chi connectivity index (χ1v) is 6.51. The summed E-state index contributed by atoms with van der Waals surface area (Å²) in [6, 6.07) is 0.337. The van der Waals surface area contributed by atoms with Crippen LogP contribution in [0.5, 0.6) is 0 Å². The molecule has 0 aliphatic heterocycles. The maximum atomic E-state index is 5.12. The van der Waals surface area contributed by atoms with Crippen molar-refractivity contribution in [2.45, 2.75) is 32.7 Å². The maximum Gasteiger partial charge on any atom is 0.134 e. The minimum atomic E-state index is 0.337. The molecule has 0 aliphatic rings. The topological polar surface area (TPSA) is 47.0 Å². The molecule has 0 aromatic carbocycles. The van der Waals surface area contributed by atoms with E-state index in [9.17, 15) is 0 Å². The van der Waals surface area contributed by atoms with Gasteiger partial charge in [-0.15, -0.1) is 10.2 Å². The van der Waals surface area contributed by atoms with Crippen LogP contribution in [0.2, 0.25) is 0 Å². The molecule has 5 heteroatoms. The third kappa shape index (κ3) is 3.81. The molecule has 4 nitrogen and oxygen atoms in total. The second-order valence-electron chi connectivity index (χ2n) is 4.05. The second-order valence-corrected chi connectivity index (χ2v) is 5.14. The zero-order valence-electron chi connectivity index (χ0n) is 10.5. The molecule has 1 heterocycles. The average Bonchev–Trinajstić information content (AvgIpc) is 2.68. The van der Waals surface area contributed by atoms with Crippen LogP contribution in [0.15, 0.2) is 0 Å². The van der Waals surface area contributed by atoms with Crippen LogP contribution in [0, 0.1) is 5.92 Å². The zero-order valence-corrected chi connectivity index (χ0v) is 11.3. The molecule has 0 spiro atoms. The standard InChI is InChI=1S/C11H21N3OS/c1-5-9(12-3)11-14-13-10(16-11)6-8(2)7-15-4/h8-9,12H,5-7H2,1-4H3. The van der Waals surface area contributed by atoms with Crippen molar-refractivity contribution in [3.63, 3.8) is 0 Å². The summed E-state index contributed by atoms with van der Waals surface area (Å²) in [5, 5.41) is 13.9. The Morgan fingerprint density at radius 3 is 2.75 bits per heavy atom. The summed E-state index contributed by atoms with van der Waals surface area (Å²) in [4.78, 5) is 0. The molecular weight excluding hydrogens is 222 g/mol. The lowest BCUT2D eigenvalue weighted by Gasteiger charge is -2.08. The summed E-state index contributed by atoms with van der Waals surface area (Å²) in [6.45, 7) is 5.09. The normalized spacial score (nSPS) is 15.0. The van der Waals surface area contributed by atoms with Crippen molar-refractivity contribution in [2.75, 3.05) is 20.8 Å². The van der Waals surface area contributed by atoms with Gasteiger partial charge >= 0.3 is 0 Å². The molecule has 2 unspecified atom stereocenters. The smallest absolute Gasteiger partial charge is 0.134 e. The van der Waals surface area contributed by atoms with E-state index in [-0.39, 0.29) is 0 Å². The summed E-state index contributed by atoms with van der Waals surface area (Å²) in [5.41, 5.74) is 0. The van der Waals surface area contributed by atoms with Gasteiger partial charge in [-0.2, -0.15) is 0 Å². The van der Waals surface area contributed by atoms with Gasteiger partial charge in [0.05, 0.1) is 6.04 Å². The fourth-order valence-electron chi connectivity index (χ4n) is 1.63. The van der Waals surface area contributed by atoms with Crippen LogP contribution < -0.4 is 5.32 Å². The summed E-state index contributed by atoms with van der Waals surface area (Å²) in [5.74, 6) is 0.500. The molecule has 0 bridgehead atoms. The highest BCUT2D eigenvalue weighted by molar-refractivity contribution is 7.11. The highest BCUT2D eigenvalue weighted by Gasteiger charge is 2.14. The molecule has 1 aromatic heterocycles. The van der Waals surface area contributed by atoms with E-state index >= 15 is 0 Å². The van der Waals surface area contributed by atoms with Crippen molar-refractivity contribution in [3.05, 3.63) is 10.0 Å². The highest BCUT2D eigenvalue weighted by atomic mass is 32.1. The monoisotopic (exact) mass is 243 g/mol. The Morgan fingerprint density at radius 2 is 2.19 bits per heavy atom. The molecule has 0 amide bonds. The van der Waals surface area contributed by atoms with Crippen molar-refractivity contribution in [2.24, 2.45) is 5.92 Å². The fraction of sp³-hybridized carbons (Fsp3) is 0.818. The Bertz CT molecular complexity index is 299. The minimum Gasteiger partial charge on any atom is -0.384 e. The lowest BCUT2D eigenvalue weighted by atomic mass is 10.1. The Balaban J connectivity index is 2.57. The molecule has 0 aliphatic carbocycles. The zero-order chi connectivity index (χ0) is 12.0. The number of rotatable bonds is 7. The van der Waals surface area contributed by atoms with Gasteiger partial charge in [-0.05, 0) is 19.4 Å². The molecule has 1 N–H and O–H groups in total. The van der Waals surface area contributed by atoms with E-state index < -0.39 is 0 Å². The number of methoxy groups -OCH3 is 1. The predicted molar refractivity (Wildman–Crippen MR) is 66.7 cm³/mol. The van der Waals surface area contributed by atoms with Crippen LogP contribution in [0.3, 0.4) is 0 Å². The summed E-state index contributed by atoms with van der Waals surface area (Å²) < 4.78 is 5.12. The molecule has 16 heavy (non-hydrogen) atoms. The fourth-order valence-corrected chi connectivity index (χ4v) is 2.83. The van der Waals surface area contributed by atoms with Crippen LogP contribution in [0.25, 0.3) is 0 Å². The van der Waals surface area contributed by atoms with Crippen LogP contribution >= 0.6 is 11.3 Å². The number of nitrogens with one attached hydrogen (secondary N) is 1. The Kier molecular flexibility index (Phi) is 5.87. The van der Waals surface area contributed by atoms with Gasteiger partial charge < -0.3 is 10.1 Å². The Morgan fingerprint density at radius 1 is 1.44 bits per heavy atom. The van der Waals surface area contributed by atoms with Crippen LogP contribution in [0.1, 0.15) is 36.3 Å². The molecule has 0 saturated carbocycles. The number of hydrogen-bond donors (Lipinski definition) is 1. The van der Waals surface area contributed by atoms with E-state index in [4.69, 9.17) is 4.74 Å². The van der Waals surface area contributed by atoms with E-state index in [1.807, 2.05) is 7.05 Å². The van der Waals surface area contributed by atoms with Crippen LogP contribution in [0.4, 0.5) is 0 Å². The quantitative estimate of drug-likeness (QED) is 0.796. The number of hydrogen-bond acceptors (Lipinski definition) is 5. The van der Waals surface area contributed by atoms with Gasteiger partial charge in [-0.25, -0.2) is 0 Å². The number of aromatic nitrogens is 2. The Labute approximate surface area is 101 Å². The van der Waals surface area contributed by atoms with Gasteiger partial charge in [-0.3, -0.25) is 0 Å². The number of nitrogens with zero attached hydrogens (tertiary/aromatic N) is 2. The first-order valence-electron chi connectivity index (χ1n) is 5.69. The summed E-state index contributed by atoms with van der Waals surface area (Å²) >= 11 is 1.70. The molecule has 2 atom stereocenters. The largest absolute Gasteiger partial charge is 0.384 e. The van der Waals surface area contributed by atoms with Crippen molar-refractivity contribution < 1.29 is 4.74 Å². The molecule has 0 radical (unpaired) electrons. The molecule has 1 aromatic rings. The van der Waals surface area contributed by atoms with E-state index in [2.05, 4.69) is 29.4 Å². The van der Waals surface area contributed by atoms with Crippen LogP contribution in [-0.4, -0.2) is 31.0 Å². The van der Waals surface area contributed by atoms with Gasteiger partial charge in [0.25, 0.3) is 0 Å². The summed E-state index contributed by atoms with van der Waals surface area (Å²) in [7, 11) is 3.69. The van der Waals surface area contributed by atoms with Gasteiger partial charge in [0.1, 0.15) is 10.0 Å². The van der Waals surface area contributed by atoms with E-state index in [1.54, 1.807) is 18.4 Å². The van der Waals surface area contributed by atoms with Gasteiger partial charge in [0.15, 0.2) is 0 Å². The predicted octanol–water partition coefficient (Wildman–Crippen LogP) is 2.03. The average molecular weight is 243 g/mol.